The molecular formula is C16H22N2O4. The van der Waals surface area contributed by atoms with Crippen molar-refractivity contribution in [3.63, 3.8) is 0 Å². The molecule has 0 aliphatic carbocycles. The van der Waals surface area contributed by atoms with Crippen molar-refractivity contribution in [2.75, 3.05) is 33.4 Å². The van der Waals surface area contributed by atoms with Gasteiger partial charge in [0.25, 0.3) is 0 Å². The second kappa shape index (κ2) is 7.99. The van der Waals surface area contributed by atoms with Gasteiger partial charge in [-0.25, -0.2) is 0 Å². The van der Waals surface area contributed by atoms with Gasteiger partial charge >= 0.3 is 0 Å². The molecule has 0 saturated carbocycles. The summed E-state index contributed by atoms with van der Waals surface area (Å²) >= 11 is 0. The third-order valence-corrected chi connectivity index (χ3v) is 3.75. The summed E-state index contributed by atoms with van der Waals surface area (Å²) < 4.78 is 10.8. The van der Waals surface area contributed by atoms with Crippen molar-refractivity contribution in [1.82, 2.24) is 4.90 Å². The van der Waals surface area contributed by atoms with Gasteiger partial charge in [-0.05, 0) is 25.0 Å². The summed E-state index contributed by atoms with van der Waals surface area (Å²) in [4.78, 5) is 2.12. The normalized spacial score (nSPS) is 17.7. The molecule has 1 heterocycles. The maximum absolute atomic E-state index is 10.1. The van der Waals surface area contributed by atoms with Crippen molar-refractivity contribution in [3.8, 4) is 17.6 Å². The molecule has 6 heteroatoms. The lowest BCUT2D eigenvalue weighted by molar-refractivity contribution is 0.0333. The first-order valence-corrected chi connectivity index (χ1v) is 7.41. The van der Waals surface area contributed by atoms with Crippen LogP contribution in [0, 0.1) is 11.3 Å². The molecule has 6 nitrogen and oxygen atoms in total. The van der Waals surface area contributed by atoms with E-state index in [4.69, 9.17) is 14.7 Å². The van der Waals surface area contributed by atoms with E-state index in [1.165, 1.54) is 7.11 Å². The van der Waals surface area contributed by atoms with E-state index in [9.17, 15) is 10.2 Å². The summed E-state index contributed by atoms with van der Waals surface area (Å²) in [6.07, 6.45) is 0.664. The molecule has 1 aliphatic rings. The number of aliphatic hydroxyl groups excluding tert-OH is 2. The van der Waals surface area contributed by atoms with Crippen molar-refractivity contribution >= 4 is 0 Å². The van der Waals surface area contributed by atoms with Crippen molar-refractivity contribution < 1.29 is 19.7 Å². The Labute approximate surface area is 130 Å². The van der Waals surface area contributed by atoms with Crippen LogP contribution in [-0.2, 0) is 0 Å². The quantitative estimate of drug-likeness (QED) is 0.807. The number of rotatable bonds is 6. The standard InChI is InChI=1S/C16H22N2O4/c1-21-16-8-12(9-17)2-3-15(16)22-11-14(20)10-18-6-4-13(19)5-7-18/h2-3,8,13-14,19-20H,4-7,10-11H2,1H3/t14-/m0/s1. The van der Waals surface area contributed by atoms with E-state index in [0.717, 1.165) is 25.9 Å². The summed E-state index contributed by atoms with van der Waals surface area (Å²) in [6.45, 7) is 2.25. The highest BCUT2D eigenvalue weighted by atomic mass is 16.5. The molecule has 0 spiro atoms. The Balaban J connectivity index is 1.83. The Kier molecular flexibility index (Phi) is 6.01. The molecule has 1 aliphatic heterocycles. The van der Waals surface area contributed by atoms with Gasteiger partial charge in [0, 0.05) is 25.7 Å². The third-order valence-electron chi connectivity index (χ3n) is 3.75. The van der Waals surface area contributed by atoms with Crippen LogP contribution in [-0.4, -0.2) is 60.7 Å². The molecule has 0 radical (unpaired) electrons. The largest absolute Gasteiger partial charge is 0.493 e. The first-order valence-electron chi connectivity index (χ1n) is 7.41. The van der Waals surface area contributed by atoms with E-state index in [1.54, 1.807) is 18.2 Å². The number of nitrogens with zero attached hydrogens (tertiary/aromatic N) is 2. The van der Waals surface area contributed by atoms with Crippen LogP contribution in [0.5, 0.6) is 11.5 Å². The number of ether oxygens (including phenoxy) is 2. The van der Waals surface area contributed by atoms with Crippen LogP contribution in [0.3, 0.4) is 0 Å². The van der Waals surface area contributed by atoms with Gasteiger partial charge in [-0.3, -0.25) is 0 Å². The van der Waals surface area contributed by atoms with E-state index < -0.39 is 6.10 Å². The molecule has 120 valence electrons. The van der Waals surface area contributed by atoms with Gasteiger partial charge in [0.05, 0.1) is 24.8 Å². The molecule has 1 saturated heterocycles. The average Bonchev–Trinajstić information content (AvgIpc) is 2.55. The number of likely N-dealkylation sites (tertiary alicyclic amines) is 1. The lowest BCUT2D eigenvalue weighted by atomic mass is 10.1. The maximum Gasteiger partial charge on any atom is 0.162 e. The van der Waals surface area contributed by atoms with Crippen LogP contribution in [0.25, 0.3) is 0 Å². The Morgan fingerprint density at radius 1 is 1.36 bits per heavy atom. The van der Waals surface area contributed by atoms with Crippen molar-refractivity contribution in [2.24, 2.45) is 0 Å². The van der Waals surface area contributed by atoms with Gasteiger partial charge in [0.1, 0.15) is 12.7 Å². The van der Waals surface area contributed by atoms with E-state index in [0.29, 0.717) is 23.6 Å². The lowest BCUT2D eigenvalue weighted by Gasteiger charge is -2.30. The van der Waals surface area contributed by atoms with Crippen molar-refractivity contribution in [3.05, 3.63) is 23.8 Å². The molecule has 2 N–H and O–H groups in total. The minimum Gasteiger partial charge on any atom is -0.493 e. The third kappa shape index (κ3) is 4.60. The summed E-state index contributed by atoms with van der Waals surface area (Å²) in [5.41, 5.74) is 0.497. The molecule has 1 aromatic carbocycles. The van der Waals surface area contributed by atoms with Crippen LogP contribution < -0.4 is 9.47 Å². The number of β-amino-alcohol motifs (C(OH)–C–C–N with tert-alkyl or cyclic N) is 1. The Bertz CT molecular complexity index is 521. The molecule has 1 atom stereocenters. The highest BCUT2D eigenvalue weighted by Gasteiger charge is 2.19. The van der Waals surface area contributed by atoms with Gasteiger partial charge in [-0.1, -0.05) is 0 Å². The molecule has 0 bridgehead atoms. The number of benzene rings is 1. The minimum atomic E-state index is -0.615. The minimum absolute atomic E-state index is 0.154. The van der Waals surface area contributed by atoms with Gasteiger partial charge in [0.2, 0.25) is 0 Å². The van der Waals surface area contributed by atoms with Crippen LogP contribution in [0.1, 0.15) is 18.4 Å². The second-order valence-corrected chi connectivity index (χ2v) is 5.47. The van der Waals surface area contributed by atoms with Crippen LogP contribution >= 0.6 is 0 Å². The molecule has 0 unspecified atom stereocenters. The number of hydrogen-bond acceptors (Lipinski definition) is 6. The van der Waals surface area contributed by atoms with Crippen molar-refractivity contribution in [1.29, 1.82) is 5.26 Å². The number of piperidine rings is 1. The molecular weight excluding hydrogens is 284 g/mol. The van der Waals surface area contributed by atoms with E-state index >= 15 is 0 Å². The van der Waals surface area contributed by atoms with Gasteiger partial charge in [0.15, 0.2) is 11.5 Å². The second-order valence-electron chi connectivity index (χ2n) is 5.47. The number of nitriles is 1. The Morgan fingerprint density at radius 3 is 2.73 bits per heavy atom. The topological polar surface area (TPSA) is 86.0 Å². The Hall–Kier alpha value is -1.81. The average molecular weight is 306 g/mol. The molecule has 22 heavy (non-hydrogen) atoms. The lowest BCUT2D eigenvalue weighted by Crippen LogP contribution is -2.41. The molecule has 0 aromatic heterocycles. The fraction of sp³-hybridized carbons (Fsp3) is 0.562. The highest BCUT2D eigenvalue weighted by Crippen LogP contribution is 2.27. The zero-order valence-electron chi connectivity index (χ0n) is 12.7. The summed E-state index contributed by atoms with van der Waals surface area (Å²) in [7, 11) is 1.51. The van der Waals surface area contributed by atoms with Gasteiger partial charge in [-0.15, -0.1) is 0 Å². The predicted octanol–water partition coefficient (Wildman–Crippen LogP) is 0.763. The zero-order valence-corrected chi connectivity index (χ0v) is 12.7. The van der Waals surface area contributed by atoms with E-state index in [2.05, 4.69) is 4.90 Å². The summed E-state index contributed by atoms with van der Waals surface area (Å²) in [5, 5.41) is 28.4. The zero-order chi connectivity index (χ0) is 15.9. The van der Waals surface area contributed by atoms with Crippen LogP contribution in [0.4, 0.5) is 0 Å². The van der Waals surface area contributed by atoms with E-state index in [-0.39, 0.29) is 12.7 Å². The summed E-state index contributed by atoms with van der Waals surface area (Å²) in [5.74, 6) is 0.988. The predicted molar refractivity (Wildman–Crippen MR) is 80.9 cm³/mol. The maximum atomic E-state index is 10.1. The SMILES string of the molecule is COc1cc(C#N)ccc1OC[C@@H](O)CN1CCC(O)CC1. The molecule has 1 aromatic rings. The fourth-order valence-electron chi connectivity index (χ4n) is 2.50. The fourth-order valence-corrected chi connectivity index (χ4v) is 2.50. The van der Waals surface area contributed by atoms with Gasteiger partial charge < -0.3 is 24.6 Å². The van der Waals surface area contributed by atoms with Crippen molar-refractivity contribution in [2.45, 2.75) is 25.0 Å². The number of methoxy groups -OCH3 is 1. The number of hydrogen-bond donors (Lipinski definition) is 2. The molecule has 1 fully saturated rings. The smallest absolute Gasteiger partial charge is 0.162 e. The monoisotopic (exact) mass is 306 g/mol. The Morgan fingerprint density at radius 2 is 2.09 bits per heavy atom. The highest BCUT2D eigenvalue weighted by molar-refractivity contribution is 5.46. The van der Waals surface area contributed by atoms with E-state index in [1.807, 2.05) is 6.07 Å². The first kappa shape index (κ1) is 16.6. The number of aliphatic hydroxyl groups is 2. The van der Waals surface area contributed by atoms with Crippen LogP contribution in [0.15, 0.2) is 18.2 Å². The van der Waals surface area contributed by atoms with Crippen LogP contribution in [0.2, 0.25) is 0 Å². The molecule has 2 rings (SSSR count). The van der Waals surface area contributed by atoms with Gasteiger partial charge in [-0.2, -0.15) is 5.26 Å². The summed E-state index contributed by atoms with van der Waals surface area (Å²) in [6, 6.07) is 6.96. The molecule has 0 amide bonds. The first-order chi connectivity index (χ1) is 10.6.